The first-order valence-corrected chi connectivity index (χ1v) is 5.85. The minimum Gasteiger partial charge on any atom is -0.305 e. The Morgan fingerprint density at radius 2 is 2.24 bits per heavy atom. The van der Waals surface area contributed by atoms with Crippen molar-refractivity contribution in [1.29, 1.82) is 0 Å². The molecule has 0 saturated heterocycles. The molecule has 0 aliphatic rings. The van der Waals surface area contributed by atoms with E-state index in [-0.39, 0.29) is 5.91 Å². The molecule has 88 valence electrons. The largest absolute Gasteiger partial charge is 0.305 e. The number of pyridine rings is 1. The molecule has 2 aromatic heterocycles. The number of carbonyl (C=O) groups is 1. The summed E-state index contributed by atoms with van der Waals surface area (Å²) in [5, 5.41) is 6.83. The number of aryl methyl sites for hydroxylation is 1. The Labute approximate surface area is 111 Å². The van der Waals surface area contributed by atoms with Gasteiger partial charge >= 0.3 is 0 Å². The number of hydrogen-bond acceptors (Lipinski definition) is 3. The van der Waals surface area contributed by atoms with Crippen LogP contribution in [-0.4, -0.2) is 20.7 Å². The molecule has 0 aromatic carbocycles. The van der Waals surface area contributed by atoms with Crippen LogP contribution in [0.3, 0.4) is 0 Å². The van der Waals surface area contributed by atoms with Gasteiger partial charge < -0.3 is 5.32 Å². The lowest BCUT2D eigenvalue weighted by Crippen LogP contribution is -2.17. The zero-order chi connectivity index (χ0) is 12.4. The van der Waals surface area contributed by atoms with Crippen molar-refractivity contribution < 1.29 is 4.79 Å². The summed E-state index contributed by atoms with van der Waals surface area (Å²) < 4.78 is 2.25. The molecule has 0 fully saturated rings. The van der Waals surface area contributed by atoms with Gasteiger partial charge in [-0.3, -0.25) is 9.48 Å². The first kappa shape index (κ1) is 12.1. The zero-order valence-electron chi connectivity index (χ0n) is 8.82. The van der Waals surface area contributed by atoms with E-state index in [9.17, 15) is 4.79 Å². The fraction of sp³-hybridized carbons (Fsp3) is 0.100. The lowest BCUT2D eigenvalue weighted by molar-refractivity contribution is 0.101. The predicted octanol–water partition coefficient (Wildman–Crippen LogP) is 2.48. The fourth-order valence-corrected chi connectivity index (χ4v) is 1.78. The summed E-state index contributed by atoms with van der Waals surface area (Å²) in [6.45, 7) is 0. The number of amides is 1. The van der Waals surface area contributed by atoms with Gasteiger partial charge in [0.2, 0.25) is 0 Å². The van der Waals surface area contributed by atoms with E-state index >= 15 is 0 Å². The van der Waals surface area contributed by atoms with E-state index in [1.165, 1.54) is 10.9 Å². The van der Waals surface area contributed by atoms with Crippen LogP contribution in [0.25, 0.3) is 0 Å². The first-order chi connectivity index (χ1) is 8.08. The molecule has 0 saturated carbocycles. The molecule has 0 unspecified atom stereocenters. The van der Waals surface area contributed by atoms with Crippen LogP contribution in [0, 0.1) is 0 Å². The number of anilines is 1. The molecule has 1 amide bonds. The molecule has 0 aliphatic carbocycles. The van der Waals surface area contributed by atoms with E-state index in [1.54, 1.807) is 25.4 Å². The van der Waals surface area contributed by atoms with Crippen molar-refractivity contribution in [2.24, 2.45) is 7.05 Å². The molecule has 1 N–H and O–H groups in total. The van der Waals surface area contributed by atoms with Crippen LogP contribution in [-0.2, 0) is 7.05 Å². The first-order valence-electron chi connectivity index (χ1n) is 4.68. The lowest BCUT2D eigenvalue weighted by Gasteiger charge is -2.04. The van der Waals surface area contributed by atoms with Crippen LogP contribution < -0.4 is 5.32 Å². The molecule has 0 spiro atoms. The molecular weight excluding hydrogens is 307 g/mol. The molecule has 0 atom stereocenters. The van der Waals surface area contributed by atoms with Gasteiger partial charge in [0, 0.05) is 17.7 Å². The number of rotatable bonds is 2. The van der Waals surface area contributed by atoms with Crippen molar-refractivity contribution in [1.82, 2.24) is 14.8 Å². The lowest BCUT2D eigenvalue weighted by atomic mass is 10.4. The second-order valence-corrected chi connectivity index (χ2v) is 4.60. The molecule has 0 radical (unpaired) electrons. The van der Waals surface area contributed by atoms with E-state index in [1.807, 2.05) is 0 Å². The van der Waals surface area contributed by atoms with E-state index in [4.69, 9.17) is 11.6 Å². The van der Waals surface area contributed by atoms with Crippen LogP contribution >= 0.6 is 27.5 Å². The molecule has 17 heavy (non-hydrogen) atoms. The molecular formula is C10H8BrClN4O. The van der Waals surface area contributed by atoms with Crippen molar-refractivity contribution in [2.45, 2.75) is 0 Å². The molecule has 2 heterocycles. The standard InChI is InChI=1S/C10H8BrClN4O/c1-16-9(7(12)5-14-16)10(17)15-8-3-2-6(11)4-13-8/h2-5H,1H3,(H,13,15,17). The summed E-state index contributed by atoms with van der Waals surface area (Å²) in [6, 6.07) is 3.47. The maximum atomic E-state index is 11.9. The Hall–Kier alpha value is -1.40. The maximum absolute atomic E-state index is 11.9. The van der Waals surface area contributed by atoms with Gasteiger partial charge in [0.1, 0.15) is 11.5 Å². The highest BCUT2D eigenvalue weighted by molar-refractivity contribution is 9.10. The van der Waals surface area contributed by atoms with Crippen molar-refractivity contribution in [3.63, 3.8) is 0 Å². The van der Waals surface area contributed by atoms with Crippen molar-refractivity contribution in [3.05, 3.63) is 39.7 Å². The zero-order valence-corrected chi connectivity index (χ0v) is 11.2. The molecule has 2 rings (SSSR count). The van der Waals surface area contributed by atoms with Crippen LogP contribution in [0.15, 0.2) is 29.0 Å². The highest BCUT2D eigenvalue weighted by Gasteiger charge is 2.15. The van der Waals surface area contributed by atoms with E-state index in [0.29, 0.717) is 16.5 Å². The van der Waals surface area contributed by atoms with Gasteiger partial charge in [0.25, 0.3) is 5.91 Å². The number of aromatic nitrogens is 3. The third-order valence-electron chi connectivity index (χ3n) is 2.08. The molecule has 0 aliphatic heterocycles. The van der Waals surface area contributed by atoms with Gasteiger partial charge in [-0.25, -0.2) is 4.98 Å². The molecule has 7 heteroatoms. The summed E-state index contributed by atoms with van der Waals surface area (Å²) in [5.41, 5.74) is 0.302. The molecule has 5 nitrogen and oxygen atoms in total. The summed E-state index contributed by atoms with van der Waals surface area (Å²) in [5.74, 6) is 0.111. The Morgan fingerprint density at radius 3 is 2.76 bits per heavy atom. The summed E-state index contributed by atoms with van der Waals surface area (Å²) >= 11 is 9.12. The van der Waals surface area contributed by atoms with Crippen molar-refractivity contribution >= 4 is 39.3 Å². The summed E-state index contributed by atoms with van der Waals surface area (Å²) in [4.78, 5) is 15.9. The van der Waals surface area contributed by atoms with Crippen molar-refractivity contribution in [3.8, 4) is 0 Å². The minimum atomic E-state index is -0.343. The minimum absolute atomic E-state index is 0.302. The van der Waals surface area contributed by atoms with Crippen LogP contribution in [0.4, 0.5) is 5.82 Å². The normalized spacial score (nSPS) is 10.3. The third kappa shape index (κ3) is 2.65. The van der Waals surface area contributed by atoms with Crippen LogP contribution in [0.5, 0.6) is 0 Å². The van der Waals surface area contributed by atoms with Gasteiger partial charge in [0.15, 0.2) is 0 Å². The van der Waals surface area contributed by atoms with Gasteiger partial charge in [0.05, 0.1) is 11.2 Å². The topological polar surface area (TPSA) is 59.8 Å². The smallest absolute Gasteiger partial charge is 0.276 e. The number of halogens is 2. The SMILES string of the molecule is Cn1ncc(Cl)c1C(=O)Nc1ccc(Br)cn1. The Balaban J connectivity index is 2.20. The highest BCUT2D eigenvalue weighted by atomic mass is 79.9. The summed E-state index contributed by atoms with van der Waals surface area (Å²) in [6.07, 6.45) is 3.02. The van der Waals surface area contributed by atoms with E-state index in [0.717, 1.165) is 4.47 Å². The quantitative estimate of drug-likeness (QED) is 0.926. The highest BCUT2D eigenvalue weighted by Crippen LogP contribution is 2.16. The average Bonchev–Trinajstić information content (AvgIpc) is 2.62. The van der Waals surface area contributed by atoms with E-state index < -0.39 is 0 Å². The van der Waals surface area contributed by atoms with Gasteiger partial charge in [-0.15, -0.1) is 0 Å². The van der Waals surface area contributed by atoms with E-state index in [2.05, 4.69) is 31.3 Å². The second-order valence-electron chi connectivity index (χ2n) is 3.28. The predicted molar refractivity (Wildman–Crippen MR) is 68.1 cm³/mol. The number of nitrogens with zero attached hydrogens (tertiary/aromatic N) is 3. The van der Waals surface area contributed by atoms with Crippen molar-refractivity contribution in [2.75, 3.05) is 5.32 Å². The fourth-order valence-electron chi connectivity index (χ4n) is 1.29. The van der Waals surface area contributed by atoms with Gasteiger partial charge in [-0.2, -0.15) is 5.10 Å². The van der Waals surface area contributed by atoms with Gasteiger partial charge in [-0.1, -0.05) is 11.6 Å². The van der Waals surface area contributed by atoms with Gasteiger partial charge in [-0.05, 0) is 28.1 Å². The number of carbonyl (C=O) groups excluding carboxylic acids is 1. The van der Waals surface area contributed by atoms with Crippen LogP contribution in [0.1, 0.15) is 10.5 Å². The second kappa shape index (κ2) is 4.85. The maximum Gasteiger partial charge on any atom is 0.276 e. The Kier molecular flexibility index (Phi) is 3.44. The summed E-state index contributed by atoms with van der Waals surface area (Å²) in [7, 11) is 1.65. The average molecular weight is 316 g/mol. The molecule has 2 aromatic rings. The van der Waals surface area contributed by atoms with Crippen LogP contribution in [0.2, 0.25) is 5.02 Å². The number of hydrogen-bond donors (Lipinski definition) is 1. The Morgan fingerprint density at radius 1 is 1.47 bits per heavy atom. The monoisotopic (exact) mass is 314 g/mol. The number of nitrogens with one attached hydrogen (secondary N) is 1. The third-order valence-corrected chi connectivity index (χ3v) is 2.82. The Bertz CT molecular complexity index is 532. The molecule has 0 bridgehead atoms.